The Labute approximate surface area is 199 Å². The number of nitrogens with one attached hydrogen (secondary N) is 1. The van der Waals surface area contributed by atoms with E-state index < -0.39 is 34.3 Å². The van der Waals surface area contributed by atoms with Crippen molar-refractivity contribution in [3.05, 3.63) is 64.9 Å². The molecule has 0 aliphatic carbocycles. The van der Waals surface area contributed by atoms with Crippen LogP contribution in [0.2, 0.25) is 5.02 Å². The first-order valence-corrected chi connectivity index (χ1v) is 12.8. The number of carbonyl (C=O) groups excluding carboxylic acids is 2. The molecule has 0 aliphatic heterocycles. The predicted octanol–water partition coefficient (Wildman–Crippen LogP) is 3.58. The minimum atomic E-state index is -3.81. The molecule has 0 radical (unpaired) electrons. The fraction of sp³-hybridized carbons (Fsp3) is 0.391. The van der Waals surface area contributed by atoms with Crippen molar-refractivity contribution in [2.75, 3.05) is 23.7 Å². The quantitative estimate of drug-likeness (QED) is 0.514. The molecule has 2 amide bonds. The van der Waals surface area contributed by atoms with Gasteiger partial charge in [0, 0.05) is 18.1 Å². The van der Waals surface area contributed by atoms with Gasteiger partial charge in [-0.25, -0.2) is 12.8 Å². The molecule has 0 saturated heterocycles. The van der Waals surface area contributed by atoms with Crippen molar-refractivity contribution >= 4 is 39.1 Å². The second-order valence-corrected chi connectivity index (χ2v) is 9.95. The summed E-state index contributed by atoms with van der Waals surface area (Å²) in [6.45, 7) is 3.66. The van der Waals surface area contributed by atoms with Crippen molar-refractivity contribution in [1.82, 2.24) is 10.2 Å². The number of halogens is 2. The summed E-state index contributed by atoms with van der Waals surface area (Å²) in [5.74, 6) is -1.30. The van der Waals surface area contributed by atoms with Crippen LogP contribution in [0, 0.1) is 5.82 Å². The molecule has 1 atom stereocenters. The largest absolute Gasteiger partial charge is 0.354 e. The van der Waals surface area contributed by atoms with Crippen LogP contribution in [0.3, 0.4) is 0 Å². The molecule has 2 aromatic rings. The normalized spacial score (nSPS) is 12.2. The fourth-order valence-corrected chi connectivity index (χ4v) is 4.27. The van der Waals surface area contributed by atoms with Gasteiger partial charge in [0.1, 0.15) is 18.4 Å². The highest BCUT2D eigenvalue weighted by molar-refractivity contribution is 7.92. The highest BCUT2D eigenvalue weighted by Gasteiger charge is 2.31. The summed E-state index contributed by atoms with van der Waals surface area (Å²) in [6.07, 6.45) is 2.05. The van der Waals surface area contributed by atoms with Crippen molar-refractivity contribution in [1.29, 1.82) is 0 Å². The van der Waals surface area contributed by atoms with Gasteiger partial charge in [0.05, 0.1) is 11.9 Å². The van der Waals surface area contributed by atoms with Crippen molar-refractivity contribution in [2.24, 2.45) is 0 Å². The molecule has 1 N–H and O–H groups in total. The Morgan fingerprint density at radius 2 is 1.67 bits per heavy atom. The molecule has 2 aromatic carbocycles. The lowest BCUT2D eigenvalue weighted by Crippen LogP contribution is -2.52. The van der Waals surface area contributed by atoms with Crippen LogP contribution >= 0.6 is 11.6 Å². The first-order valence-electron chi connectivity index (χ1n) is 10.6. The average Bonchev–Trinajstić information content (AvgIpc) is 2.77. The lowest BCUT2D eigenvalue weighted by Gasteiger charge is -2.32. The Hall–Kier alpha value is -2.65. The van der Waals surface area contributed by atoms with E-state index in [-0.39, 0.29) is 18.1 Å². The number of hydrogen-bond donors (Lipinski definition) is 1. The maximum absolute atomic E-state index is 13.4. The maximum Gasteiger partial charge on any atom is 0.244 e. The SMILES string of the molecule is CCCNC(=O)[C@H](CC)N(Cc1ccc(F)cc1)C(=O)CN(c1ccc(Cl)cc1)S(C)(=O)=O. The van der Waals surface area contributed by atoms with Gasteiger partial charge in [-0.1, -0.05) is 37.6 Å². The molecule has 0 saturated carbocycles. The van der Waals surface area contributed by atoms with E-state index in [1.165, 1.54) is 53.4 Å². The molecule has 33 heavy (non-hydrogen) atoms. The molecule has 180 valence electrons. The topological polar surface area (TPSA) is 86.8 Å². The molecule has 0 aromatic heterocycles. The minimum Gasteiger partial charge on any atom is -0.354 e. The summed E-state index contributed by atoms with van der Waals surface area (Å²) >= 11 is 5.91. The number of anilines is 1. The minimum absolute atomic E-state index is 0.0232. The smallest absolute Gasteiger partial charge is 0.244 e. The third kappa shape index (κ3) is 7.71. The van der Waals surface area contributed by atoms with E-state index in [0.717, 1.165) is 17.0 Å². The van der Waals surface area contributed by atoms with Gasteiger partial charge in [-0.3, -0.25) is 13.9 Å². The summed E-state index contributed by atoms with van der Waals surface area (Å²) < 4.78 is 39.3. The molecule has 7 nitrogen and oxygen atoms in total. The molecule has 0 spiro atoms. The Kier molecular flexibility index (Phi) is 9.67. The standard InChI is InChI=1S/C23H29ClFN3O4S/c1-4-14-26-23(30)21(5-2)27(15-17-6-10-19(25)11-7-17)22(29)16-28(33(3,31)32)20-12-8-18(24)9-13-20/h6-13,21H,4-5,14-16H2,1-3H3,(H,26,30)/t21-/m0/s1. The molecule has 0 aliphatic rings. The van der Waals surface area contributed by atoms with Crippen molar-refractivity contribution < 1.29 is 22.4 Å². The summed E-state index contributed by atoms with van der Waals surface area (Å²) in [4.78, 5) is 27.6. The van der Waals surface area contributed by atoms with Crippen LogP contribution in [0.4, 0.5) is 10.1 Å². The number of benzene rings is 2. The molecule has 0 fully saturated rings. The number of rotatable bonds is 11. The molecule has 0 bridgehead atoms. The fourth-order valence-electron chi connectivity index (χ4n) is 3.29. The van der Waals surface area contributed by atoms with E-state index in [4.69, 9.17) is 11.6 Å². The van der Waals surface area contributed by atoms with E-state index in [9.17, 15) is 22.4 Å². The first kappa shape index (κ1) is 26.6. The zero-order chi connectivity index (χ0) is 24.6. The van der Waals surface area contributed by atoms with Gasteiger partial charge >= 0.3 is 0 Å². The number of sulfonamides is 1. The van der Waals surface area contributed by atoms with Gasteiger partial charge in [-0.2, -0.15) is 0 Å². The van der Waals surface area contributed by atoms with E-state index in [1.54, 1.807) is 6.92 Å². The Balaban J connectivity index is 2.39. The molecule has 0 heterocycles. The second-order valence-electron chi connectivity index (χ2n) is 7.61. The Morgan fingerprint density at radius 3 is 2.18 bits per heavy atom. The number of nitrogens with zero attached hydrogens (tertiary/aromatic N) is 2. The summed E-state index contributed by atoms with van der Waals surface area (Å²) in [6, 6.07) is 10.9. The summed E-state index contributed by atoms with van der Waals surface area (Å²) in [5, 5.41) is 3.22. The molecular weight excluding hydrogens is 469 g/mol. The number of amides is 2. The van der Waals surface area contributed by atoms with Gasteiger partial charge in [0.25, 0.3) is 0 Å². The highest BCUT2D eigenvalue weighted by Crippen LogP contribution is 2.22. The maximum atomic E-state index is 13.4. The number of hydrogen-bond acceptors (Lipinski definition) is 4. The monoisotopic (exact) mass is 497 g/mol. The van der Waals surface area contributed by atoms with Crippen LogP contribution in [0.5, 0.6) is 0 Å². The van der Waals surface area contributed by atoms with Crippen molar-refractivity contribution in [2.45, 2.75) is 39.3 Å². The summed E-state index contributed by atoms with van der Waals surface area (Å²) in [5.41, 5.74) is 0.893. The van der Waals surface area contributed by atoms with Gasteiger partial charge in [0.2, 0.25) is 21.8 Å². The van der Waals surface area contributed by atoms with Crippen LogP contribution in [0.25, 0.3) is 0 Å². The van der Waals surface area contributed by atoms with Crippen LogP contribution in [-0.2, 0) is 26.2 Å². The predicted molar refractivity (Wildman–Crippen MR) is 128 cm³/mol. The molecule has 0 unspecified atom stereocenters. The second kappa shape index (κ2) is 12.0. The van der Waals surface area contributed by atoms with E-state index in [1.807, 2.05) is 6.92 Å². The number of carbonyl (C=O) groups is 2. The van der Waals surface area contributed by atoms with Gasteiger partial charge in [0.15, 0.2) is 0 Å². The van der Waals surface area contributed by atoms with Crippen LogP contribution < -0.4 is 9.62 Å². The zero-order valence-corrected chi connectivity index (χ0v) is 20.5. The van der Waals surface area contributed by atoms with Gasteiger partial charge < -0.3 is 10.2 Å². The van der Waals surface area contributed by atoms with E-state index >= 15 is 0 Å². The van der Waals surface area contributed by atoms with Crippen LogP contribution in [-0.4, -0.2) is 50.5 Å². The Bertz CT molecular complexity index is 1050. The molecule has 10 heteroatoms. The molecular formula is C23H29ClFN3O4S. The van der Waals surface area contributed by atoms with Crippen molar-refractivity contribution in [3.63, 3.8) is 0 Å². The van der Waals surface area contributed by atoms with Gasteiger partial charge in [-0.15, -0.1) is 0 Å². The van der Waals surface area contributed by atoms with Crippen molar-refractivity contribution in [3.8, 4) is 0 Å². The van der Waals surface area contributed by atoms with Gasteiger partial charge in [-0.05, 0) is 54.8 Å². The third-order valence-corrected chi connectivity index (χ3v) is 6.39. The summed E-state index contributed by atoms with van der Waals surface area (Å²) in [7, 11) is -3.81. The zero-order valence-electron chi connectivity index (χ0n) is 18.9. The van der Waals surface area contributed by atoms with E-state index in [2.05, 4.69) is 5.32 Å². The lowest BCUT2D eigenvalue weighted by molar-refractivity contribution is -0.140. The lowest BCUT2D eigenvalue weighted by atomic mass is 10.1. The highest BCUT2D eigenvalue weighted by atomic mass is 35.5. The van der Waals surface area contributed by atoms with E-state index in [0.29, 0.717) is 23.6 Å². The average molecular weight is 498 g/mol. The third-order valence-electron chi connectivity index (χ3n) is 5.00. The van der Waals surface area contributed by atoms with Crippen LogP contribution in [0.15, 0.2) is 48.5 Å². The first-order chi connectivity index (χ1) is 15.6. The van der Waals surface area contributed by atoms with Crippen LogP contribution in [0.1, 0.15) is 32.3 Å². The Morgan fingerprint density at radius 1 is 1.06 bits per heavy atom. The molecule has 2 rings (SSSR count).